The third kappa shape index (κ3) is 6.03. The Morgan fingerprint density at radius 2 is 1.89 bits per heavy atom. The van der Waals surface area contributed by atoms with Gasteiger partial charge >= 0.3 is 5.97 Å². The summed E-state index contributed by atoms with van der Waals surface area (Å²) >= 11 is 1.63. The molecule has 0 aromatic heterocycles. The second-order valence-electron chi connectivity index (χ2n) is 6.18. The first-order valence-corrected chi connectivity index (χ1v) is 10.2. The second kappa shape index (κ2) is 10.6. The van der Waals surface area contributed by atoms with Gasteiger partial charge in [0.1, 0.15) is 6.04 Å². The van der Waals surface area contributed by atoms with Crippen molar-refractivity contribution in [3.05, 3.63) is 65.7 Å². The molecule has 0 heterocycles. The van der Waals surface area contributed by atoms with Crippen molar-refractivity contribution in [1.29, 1.82) is 0 Å². The largest absolute Gasteiger partial charge is 0.467 e. The molecule has 2 aromatic carbocycles. The van der Waals surface area contributed by atoms with Gasteiger partial charge in [-0.25, -0.2) is 4.79 Å². The third-order valence-corrected chi connectivity index (χ3v) is 4.97. The van der Waals surface area contributed by atoms with Crippen molar-refractivity contribution in [3.63, 3.8) is 0 Å². The number of nitrogens with two attached hydrogens (primary N) is 1. The Morgan fingerprint density at radius 1 is 1.15 bits per heavy atom. The number of nitrogen functional groups attached to an aromatic ring is 1. The number of rotatable bonds is 9. The molecule has 6 heteroatoms. The van der Waals surface area contributed by atoms with E-state index in [1.807, 2.05) is 36.6 Å². The number of benzene rings is 2. The highest BCUT2D eigenvalue weighted by Crippen LogP contribution is 2.17. The SMILES string of the molecule is COC(=O)[C@H](CCSC)N(CCc1ccccc1)C(=O)c1cccc(N)c1. The highest BCUT2D eigenvalue weighted by molar-refractivity contribution is 7.98. The number of carbonyl (C=O) groups excluding carboxylic acids is 2. The molecule has 0 aliphatic rings. The Kier molecular flexibility index (Phi) is 8.20. The van der Waals surface area contributed by atoms with E-state index in [2.05, 4.69) is 0 Å². The van der Waals surface area contributed by atoms with Crippen molar-refractivity contribution in [1.82, 2.24) is 4.90 Å². The van der Waals surface area contributed by atoms with Gasteiger partial charge in [0.2, 0.25) is 0 Å². The maximum Gasteiger partial charge on any atom is 0.328 e. The number of ether oxygens (including phenoxy) is 1. The maximum atomic E-state index is 13.2. The Morgan fingerprint density at radius 3 is 2.52 bits per heavy atom. The molecule has 0 unspecified atom stereocenters. The summed E-state index contributed by atoms with van der Waals surface area (Å²) in [6.07, 6.45) is 3.17. The molecule has 2 rings (SSSR count). The van der Waals surface area contributed by atoms with Gasteiger partial charge in [-0.3, -0.25) is 4.79 Å². The lowest BCUT2D eigenvalue weighted by atomic mass is 10.1. The monoisotopic (exact) mass is 386 g/mol. The van der Waals surface area contributed by atoms with E-state index in [1.54, 1.807) is 40.9 Å². The van der Waals surface area contributed by atoms with E-state index in [0.717, 1.165) is 11.3 Å². The average molecular weight is 387 g/mol. The summed E-state index contributed by atoms with van der Waals surface area (Å²) in [4.78, 5) is 27.2. The molecule has 144 valence electrons. The third-order valence-electron chi connectivity index (χ3n) is 4.32. The molecular weight excluding hydrogens is 360 g/mol. The molecule has 0 aliphatic heterocycles. The second-order valence-corrected chi connectivity index (χ2v) is 7.17. The normalized spacial score (nSPS) is 11.6. The zero-order chi connectivity index (χ0) is 19.6. The summed E-state index contributed by atoms with van der Waals surface area (Å²) < 4.78 is 4.99. The minimum Gasteiger partial charge on any atom is -0.467 e. The molecule has 1 amide bonds. The lowest BCUT2D eigenvalue weighted by Gasteiger charge is -2.30. The number of esters is 1. The van der Waals surface area contributed by atoms with Gasteiger partial charge in [-0.1, -0.05) is 36.4 Å². The van der Waals surface area contributed by atoms with E-state index in [9.17, 15) is 9.59 Å². The summed E-state index contributed by atoms with van der Waals surface area (Å²) in [6.45, 7) is 0.422. The van der Waals surface area contributed by atoms with Crippen molar-refractivity contribution in [2.75, 3.05) is 31.4 Å². The van der Waals surface area contributed by atoms with Gasteiger partial charge in [-0.2, -0.15) is 11.8 Å². The van der Waals surface area contributed by atoms with Crippen LogP contribution in [0.2, 0.25) is 0 Å². The quantitative estimate of drug-likeness (QED) is 0.529. The standard InChI is InChI=1S/C21H26N2O3S/c1-26-21(25)19(12-14-27-2)23(13-11-16-7-4-3-5-8-16)20(24)17-9-6-10-18(22)15-17/h3-10,15,19H,11-14,22H2,1-2H3/t19-/m0/s1. The van der Waals surface area contributed by atoms with Crippen LogP contribution in [0.5, 0.6) is 0 Å². The Labute approximate surface area is 164 Å². The van der Waals surface area contributed by atoms with E-state index < -0.39 is 12.0 Å². The van der Waals surface area contributed by atoms with Crippen LogP contribution >= 0.6 is 11.8 Å². The number of hydrogen-bond donors (Lipinski definition) is 1. The van der Waals surface area contributed by atoms with Gasteiger partial charge in [-0.15, -0.1) is 0 Å². The number of nitrogens with zero attached hydrogens (tertiary/aromatic N) is 1. The zero-order valence-corrected chi connectivity index (χ0v) is 16.6. The van der Waals surface area contributed by atoms with Crippen LogP contribution in [-0.2, 0) is 16.0 Å². The molecule has 2 aromatic rings. The van der Waals surface area contributed by atoms with E-state index in [-0.39, 0.29) is 5.91 Å². The lowest BCUT2D eigenvalue weighted by Crippen LogP contribution is -2.47. The lowest BCUT2D eigenvalue weighted by molar-refractivity contribution is -0.146. The van der Waals surface area contributed by atoms with Crippen LogP contribution < -0.4 is 5.73 Å². The molecule has 0 saturated carbocycles. The van der Waals surface area contributed by atoms with E-state index in [0.29, 0.717) is 30.6 Å². The van der Waals surface area contributed by atoms with Gasteiger partial charge in [-0.05, 0) is 48.6 Å². The van der Waals surface area contributed by atoms with Crippen molar-refractivity contribution in [2.45, 2.75) is 18.9 Å². The van der Waals surface area contributed by atoms with E-state index in [4.69, 9.17) is 10.5 Å². The number of thioether (sulfide) groups is 1. The fraction of sp³-hybridized carbons (Fsp3) is 0.333. The number of amides is 1. The van der Waals surface area contributed by atoms with Gasteiger partial charge in [0, 0.05) is 17.8 Å². The number of methoxy groups -OCH3 is 1. The first kappa shape index (κ1) is 20.8. The minimum atomic E-state index is -0.625. The number of anilines is 1. The topological polar surface area (TPSA) is 72.6 Å². The van der Waals surface area contributed by atoms with Crippen LogP contribution in [0.4, 0.5) is 5.69 Å². The van der Waals surface area contributed by atoms with E-state index >= 15 is 0 Å². The molecule has 5 nitrogen and oxygen atoms in total. The predicted octanol–water partition coefficient (Wildman–Crippen LogP) is 3.25. The molecule has 0 fully saturated rings. The highest BCUT2D eigenvalue weighted by atomic mass is 32.2. The van der Waals surface area contributed by atoms with Crippen LogP contribution in [0.3, 0.4) is 0 Å². The number of hydrogen-bond acceptors (Lipinski definition) is 5. The van der Waals surface area contributed by atoms with Crippen molar-refractivity contribution in [2.24, 2.45) is 0 Å². The van der Waals surface area contributed by atoms with Gasteiger partial charge in [0.15, 0.2) is 0 Å². The highest BCUT2D eigenvalue weighted by Gasteiger charge is 2.30. The Bertz CT molecular complexity index is 752. The zero-order valence-electron chi connectivity index (χ0n) is 15.8. The van der Waals surface area contributed by atoms with Crippen molar-refractivity contribution >= 4 is 29.3 Å². The molecule has 0 spiro atoms. The Hall–Kier alpha value is -2.47. The maximum absolute atomic E-state index is 13.2. The molecular formula is C21H26N2O3S. The molecule has 2 N–H and O–H groups in total. The molecule has 0 radical (unpaired) electrons. The smallest absolute Gasteiger partial charge is 0.328 e. The molecule has 1 atom stereocenters. The van der Waals surface area contributed by atoms with Crippen LogP contribution in [0.15, 0.2) is 54.6 Å². The summed E-state index contributed by atoms with van der Waals surface area (Å²) in [7, 11) is 1.36. The van der Waals surface area contributed by atoms with Crippen molar-refractivity contribution < 1.29 is 14.3 Å². The summed E-state index contributed by atoms with van der Waals surface area (Å²) in [6, 6.07) is 16.1. The summed E-state index contributed by atoms with van der Waals surface area (Å²) in [5, 5.41) is 0. The minimum absolute atomic E-state index is 0.213. The fourth-order valence-electron chi connectivity index (χ4n) is 2.90. The van der Waals surface area contributed by atoms with Crippen LogP contribution in [0, 0.1) is 0 Å². The summed E-state index contributed by atoms with van der Waals surface area (Å²) in [5.74, 6) is 0.148. The molecule has 27 heavy (non-hydrogen) atoms. The van der Waals surface area contributed by atoms with Gasteiger partial charge in [0.05, 0.1) is 7.11 Å². The first-order valence-electron chi connectivity index (χ1n) is 8.84. The average Bonchev–Trinajstić information content (AvgIpc) is 2.70. The molecule has 0 aliphatic carbocycles. The van der Waals surface area contributed by atoms with E-state index in [1.165, 1.54) is 7.11 Å². The molecule has 0 saturated heterocycles. The molecule has 0 bridgehead atoms. The number of carbonyl (C=O) groups is 2. The van der Waals surface area contributed by atoms with Crippen LogP contribution in [0.25, 0.3) is 0 Å². The van der Waals surface area contributed by atoms with Gasteiger partial charge < -0.3 is 15.4 Å². The van der Waals surface area contributed by atoms with Crippen LogP contribution in [-0.4, -0.2) is 48.5 Å². The summed E-state index contributed by atoms with van der Waals surface area (Å²) in [5.41, 5.74) is 7.94. The Balaban J connectivity index is 2.29. The fourth-order valence-corrected chi connectivity index (χ4v) is 3.36. The first-order chi connectivity index (χ1) is 13.1. The van der Waals surface area contributed by atoms with Crippen LogP contribution in [0.1, 0.15) is 22.3 Å². The predicted molar refractivity (Wildman–Crippen MR) is 111 cm³/mol. The van der Waals surface area contributed by atoms with Gasteiger partial charge in [0.25, 0.3) is 5.91 Å². The van der Waals surface area contributed by atoms with Crippen molar-refractivity contribution in [3.8, 4) is 0 Å².